The van der Waals surface area contributed by atoms with Crippen LogP contribution in [0.5, 0.6) is 0 Å². The van der Waals surface area contributed by atoms with Gasteiger partial charge in [-0.1, -0.05) is 5.21 Å². The topological polar surface area (TPSA) is 87.5 Å². The number of nitrogens with one attached hydrogen (secondary N) is 2. The van der Waals surface area contributed by atoms with Crippen LogP contribution in [-0.4, -0.2) is 102 Å². The lowest BCUT2D eigenvalue weighted by molar-refractivity contribution is 0.0911. The highest BCUT2D eigenvalue weighted by atomic mass is 16.5. The summed E-state index contributed by atoms with van der Waals surface area (Å²) < 4.78 is 7.39. The van der Waals surface area contributed by atoms with Gasteiger partial charge in [-0.15, -0.1) is 5.10 Å². The van der Waals surface area contributed by atoms with Gasteiger partial charge in [0.1, 0.15) is 0 Å². The number of carbonyl (C=O) groups is 1. The molecule has 3 aliphatic rings. The van der Waals surface area contributed by atoms with Crippen molar-refractivity contribution >= 4 is 5.91 Å². The number of piperazine rings is 1. The van der Waals surface area contributed by atoms with Crippen LogP contribution in [0, 0.1) is 0 Å². The number of rotatable bonds is 6. The molecule has 9 nitrogen and oxygen atoms in total. The maximum absolute atomic E-state index is 12.6. The van der Waals surface area contributed by atoms with E-state index in [9.17, 15) is 4.79 Å². The molecule has 3 aliphatic heterocycles. The molecular weight excluding hydrogens is 334 g/mol. The third-order valence-electron chi connectivity index (χ3n) is 5.60. The van der Waals surface area contributed by atoms with Crippen molar-refractivity contribution in [2.45, 2.75) is 31.5 Å². The van der Waals surface area contributed by atoms with Gasteiger partial charge in [-0.25, -0.2) is 0 Å². The van der Waals surface area contributed by atoms with E-state index in [0.717, 1.165) is 52.4 Å². The molecule has 2 atom stereocenters. The summed E-state index contributed by atoms with van der Waals surface area (Å²) in [5.41, 5.74) is 0.386. The van der Waals surface area contributed by atoms with Gasteiger partial charge in [0.2, 0.25) is 0 Å². The van der Waals surface area contributed by atoms with E-state index in [1.807, 2.05) is 0 Å². The van der Waals surface area contributed by atoms with Gasteiger partial charge < -0.3 is 15.4 Å². The van der Waals surface area contributed by atoms with Crippen molar-refractivity contribution in [3.63, 3.8) is 0 Å². The summed E-state index contributed by atoms with van der Waals surface area (Å²) in [5.74, 6) is -0.155. The first-order valence-corrected chi connectivity index (χ1v) is 9.75. The molecule has 0 saturated carbocycles. The van der Waals surface area contributed by atoms with Crippen LogP contribution in [0.25, 0.3) is 0 Å². The molecule has 0 spiro atoms. The van der Waals surface area contributed by atoms with Crippen LogP contribution < -0.4 is 10.6 Å². The van der Waals surface area contributed by atoms with Crippen LogP contribution >= 0.6 is 0 Å². The van der Waals surface area contributed by atoms with Crippen molar-refractivity contribution in [3.8, 4) is 0 Å². The van der Waals surface area contributed by atoms with Crippen molar-refractivity contribution in [1.29, 1.82) is 0 Å². The Hall–Kier alpha value is -1.55. The average Bonchev–Trinajstić information content (AvgIpc) is 3.41. The quantitative estimate of drug-likeness (QED) is 0.655. The first-order chi connectivity index (χ1) is 12.8. The summed E-state index contributed by atoms with van der Waals surface area (Å²) in [7, 11) is 0. The highest BCUT2D eigenvalue weighted by Gasteiger charge is 2.35. The van der Waals surface area contributed by atoms with Crippen LogP contribution in [0.1, 0.15) is 23.3 Å². The number of likely N-dealkylation sites (tertiary alicyclic amines) is 1. The third-order valence-corrected chi connectivity index (χ3v) is 5.60. The zero-order valence-corrected chi connectivity index (χ0v) is 15.3. The molecule has 2 unspecified atom stereocenters. The number of hydrogen-bond acceptors (Lipinski definition) is 7. The fourth-order valence-electron chi connectivity index (χ4n) is 4.05. The molecule has 1 aromatic heterocycles. The maximum Gasteiger partial charge on any atom is 0.273 e. The van der Waals surface area contributed by atoms with E-state index >= 15 is 0 Å². The molecule has 0 radical (unpaired) electrons. The molecule has 3 saturated heterocycles. The summed E-state index contributed by atoms with van der Waals surface area (Å²) >= 11 is 0. The Bertz CT molecular complexity index is 596. The Balaban J connectivity index is 1.28. The highest BCUT2D eigenvalue weighted by molar-refractivity contribution is 5.92. The van der Waals surface area contributed by atoms with E-state index in [4.69, 9.17) is 4.74 Å². The zero-order chi connectivity index (χ0) is 17.8. The lowest BCUT2D eigenvalue weighted by atomic mass is 10.1. The molecule has 0 aliphatic carbocycles. The average molecular weight is 363 g/mol. The third kappa shape index (κ3) is 4.22. The first-order valence-electron chi connectivity index (χ1n) is 9.75. The SMILES string of the molecule is O=C(NC1COCC1N1CCCC1)c1cn(CCN2CCNCC2)nn1. The van der Waals surface area contributed by atoms with E-state index in [1.165, 1.54) is 12.8 Å². The predicted octanol–water partition coefficient (Wildman–Crippen LogP) is -1.22. The largest absolute Gasteiger partial charge is 0.378 e. The van der Waals surface area contributed by atoms with Crippen LogP contribution in [0.15, 0.2) is 6.20 Å². The molecule has 1 amide bonds. The smallest absolute Gasteiger partial charge is 0.273 e. The molecule has 26 heavy (non-hydrogen) atoms. The minimum absolute atomic E-state index is 0.0339. The lowest BCUT2D eigenvalue weighted by Gasteiger charge is -2.27. The van der Waals surface area contributed by atoms with Gasteiger partial charge in [-0.3, -0.25) is 19.3 Å². The number of aromatic nitrogens is 3. The van der Waals surface area contributed by atoms with Crippen molar-refractivity contribution in [3.05, 3.63) is 11.9 Å². The molecule has 3 fully saturated rings. The van der Waals surface area contributed by atoms with Crippen molar-refractivity contribution in [2.75, 3.05) is 59.0 Å². The van der Waals surface area contributed by atoms with E-state index in [1.54, 1.807) is 10.9 Å². The Kier molecular flexibility index (Phi) is 5.78. The Morgan fingerprint density at radius 1 is 1.19 bits per heavy atom. The second kappa shape index (κ2) is 8.43. The Labute approximate surface area is 154 Å². The molecule has 0 aromatic carbocycles. The predicted molar refractivity (Wildman–Crippen MR) is 96.0 cm³/mol. The molecule has 1 aromatic rings. The van der Waals surface area contributed by atoms with Gasteiger partial charge in [0.15, 0.2) is 5.69 Å². The van der Waals surface area contributed by atoms with Gasteiger partial charge in [-0.2, -0.15) is 0 Å². The second-order valence-electron chi connectivity index (χ2n) is 7.39. The van der Waals surface area contributed by atoms with Crippen LogP contribution in [0.4, 0.5) is 0 Å². The maximum atomic E-state index is 12.6. The zero-order valence-electron chi connectivity index (χ0n) is 15.3. The molecule has 144 valence electrons. The van der Waals surface area contributed by atoms with Crippen molar-refractivity contribution < 1.29 is 9.53 Å². The van der Waals surface area contributed by atoms with Crippen molar-refractivity contribution in [2.24, 2.45) is 0 Å². The molecule has 0 bridgehead atoms. The van der Waals surface area contributed by atoms with Crippen LogP contribution in [0.2, 0.25) is 0 Å². The Morgan fingerprint density at radius 3 is 2.81 bits per heavy atom. The summed E-state index contributed by atoms with van der Waals surface area (Å²) in [6.07, 6.45) is 4.22. The molecular formula is C17H29N7O2. The van der Waals surface area contributed by atoms with Gasteiger partial charge >= 0.3 is 0 Å². The number of hydrogen-bond donors (Lipinski definition) is 2. The second-order valence-corrected chi connectivity index (χ2v) is 7.39. The molecule has 9 heteroatoms. The molecule has 4 heterocycles. The number of ether oxygens (including phenoxy) is 1. The molecule has 2 N–H and O–H groups in total. The van der Waals surface area contributed by atoms with Gasteiger partial charge in [0, 0.05) is 32.7 Å². The summed E-state index contributed by atoms with van der Waals surface area (Å²) in [6.45, 7) is 9.34. The standard InChI is InChI=1S/C17H29N7O2/c25-17(19-15-12-26-13-16(15)23-5-1-2-6-23)14-11-24(21-20-14)10-9-22-7-3-18-4-8-22/h11,15-16,18H,1-10,12-13H2,(H,19,25). The fraction of sp³-hybridized carbons (Fsp3) is 0.824. The monoisotopic (exact) mass is 363 g/mol. The number of nitrogens with zero attached hydrogens (tertiary/aromatic N) is 5. The normalized spacial score (nSPS) is 27.8. The van der Waals surface area contributed by atoms with Crippen molar-refractivity contribution in [1.82, 2.24) is 35.4 Å². The highest BCUT2D eigenvalue weighted by Crippen LogP contribution is 2.19. The minimum Gasteiger partial charge on any atom is -0.378 e. The van der Waals surface area contributed by atoms with E-state index in [0.29, 0.717) is 18.9 Å². The van der Waals surface area contributed by atoms with Crippen LogP contribution in [0.3, 0.4) is 0 Å². The number of carbonyl (C=O) groups excluding carboxylic acids is 1. The fourth-order valence-corrected chi connectivity index (χ4v) is 4.05. The van der Waals surface area contributed by atoms with E-state index in [2.05, 4.69) is 30.7 Å². The lowest BCUT2D eigenvalue weighted by Crippen LogP contribution is -2.50. The van der Waals surface area contributed by atoms with Crippen LogP contribution in [-0.2, 0) is 11.3 Å². The summed E-state index contributed by atoms with van der Waals surface area (Å²) in [5, 5.41) is 14.6. The summed E-state index contributed by atoms with van der Waals surface area (Å²) in [4.78, 5) is 17.4. The number of amides is 1. The van der Waals surface area contributed by atoms with E-state index in [-0.39, 0.29) is 18.0 Å². The van der Waals surface area contributed by atoms with Gasteiger partial charge in [0.05, 0.1) is 38.0 Å². The minimum atomic E-state index is -0.155. The van der Waals surface area contributed by atoms with Gasteiger partial charge in [0.25, 0.3) is 5.91 Å². The van der Waals surface area contributed by atoms with Gasteiger partial charge in [-0.05, 0) is 25.9 Å². The Morgan fingerprint density at radius 2 is 2.00 bits per heavy atom. The first kappa shape index (κ1) is 17.8. The molecule has 4 rings (SSSR count). The summed E-state index contributed by atoms with van der Waals surface area (Å²) in [6, 6.07) is 0.316. The van der Waals surface area contributed by atoms with E-state index < -0.39 is 0 Å².